The topological polar surface area (TPSA) is 137 Å². The molecule has 3 rings (SSSR count). The maximum atomic E-state index is 13.0. The van der Waals surface area contributed by atoms with E-state index in [9.17, 15) is 24.1 Å². The molecule has 0 atom stereocenters. The Balaban J connectivity index is 1.46. The van der Waals surface area contributed by atoms with Gasteiger partial charge < -0.3 is 14.6 Å². The van der Waals surface area contributed by atoms with E-state index in [0.717, 1.165) is 0 Å². The molecule has 0 fully saturated rings. The molecule has 0 bridgehead atoms. The predicted molar refractivity (Wildman–Crippen MR) is 105 cm³/mol. The number of benzene rings is 2. The summed E-state index contributed by atoms with van der Waals surface area (Å²) in [6.45, 7) is 0.954. The number of ether oxygens (including phenoxy) is 1. The first-order valence-electron chi connectivity index (χ1n) is 9.11. The zero-order valence-corrected chi connectivity index (χ0v) is 16.3. The first-order valence-corrected chi connectivity index (χ1v) is 9.11. The number of esters is 1. The molecule has 0 aliphatic heterocycles. The van der Waals surface area contributed by atoms with Crippen molar-refractivity contribution < 1.29 is 28.2 Å². The summed E-state index contributed by atoms with van der Waals surface area (Å²) < 4.78 is 22.9. The fourth-order valence-corrected chi connectivity index (χ4v) is 2.64. The molecule has 1 amide bonds. The number of hydrogen-bond acceptors (Lipinski definition) is 8. The zero-order valence-electron chi connectivity index (χ0n) is 16.3. The molecule has 11 heteroatoms. The maximum absolute atomic E-state index is 13.0. The second-order valence-corrected chi connectivity index (χ2v) is 6.43. The van der Waals surface area contributed by atoms with Crippen molar-refractivity contribution >= 4 is 23.3 Å². The number of amides is 1. The van der Waals surface area contributed by atoms with Gasteiger partial charge >= 0.3 is 5.97 Å². The fourth-order valence-electron chi connectivity index (χ4n) is 2.64. The molecular formula is C20H17FN4O6. The van der Waals surface area contributed by atoms with Crippen LogP contribution in [-0.2, 0) is 20.7 Å². The van der Waals surface area contributed by atoms with Gasteiger partial charge in [0.05, 0.1) is 22.6 Å². The minimum Gasteiger partial charge on any atom is -0.456 e. The monoisotopic (exact) mass is 428 g/mol. The van der Waals surface area contributed by atoms with Crippen molar-refractivity contribution in [2.24, 2.45) is 0 Å². The van der Waals surface area contributed by atoms with Gasteiger partial charge in [0.1, 0.15) is 5.82 Å². The molecule has 1 aromatic heterocycles. The second kappa shape index (κ2) is 9.57. The van der Waals surface area contributed by atoms with E-state index in [1.54, 1.807) is 0 Å². The van der Waals surface area contributed by atoms with Crippen LogP contribution in [-0.4, -0.2) is 33.5 Å². The van der Waals surface area contributed by atoms with Crippen LogP contribution in [0.3, 0.4) is 0 Å². The number of nitrogens with zero attached hydrogens (tertiary/aromatic N) is 3. The first-order chi connectivity index (χ1) is 14.8. The number of nitrogens with one attached hydrogen (secondary N) is 1. The average molecular weight is 428 g/mol. The Bertz CT molecular complexity index is 1110. The molecule has 0 saturated heterocycles. The van der Waals surface area contributed by atoms with E-state index in [2.05, 4.69) is 15.5 Å². The SMILES string of the molecule is Cc1c(NC(=O)COC(=O)CCc2nc(-c3ccc(F)cc3)no2)cccc1[N+](=O)[O-]. The largest absolute Gasteiger partial charge is 0.456 e. The lowest BCUT2D eigenvalue weighted by Gasteiger charge is -2.09. The summed E-state index contributed by atoms with van der Waals surface area (Å²) in [7, 11) is 0. The molecule has 160 valence electrons. The highest BCUT2D eigenvalue weighted by molar-refractivity contribution is 5.94. The Morgan fingerprint density at radius 1 is 1.23 bits per heavy atom. The lowest BCUT2D eigenvalue weighted by atomic mass is 10.1. The van der Waals surface area contributed by atoms with Gasteiger partial charge in [0.25, 0.3) is 11.6 Å². The Labute approximate surface area is 175 Å². The average Bonchev–Trinajstić information content (AvgIpc) is 3.21. The molecule has 0 saturated carbocycles. The third-order valence-electron chi connectivity index (χ3n) is 4.25. The summed E-state index contributed by atoms with van der Waals surface area (Å²) >= 11 is 0. The highest BCUT2D eigenvalue weighted by Gasteiger charge is 2.16. The van der Waals surface area contributed by atoms with Gasteiger partial charge in [-0.05, 0) is 37.3 Å². The van der Waals surface area contributed by atoms with E-state index in [4.69, 9.17) is 9.26 Å². The van der Waals surface area contributed by atoms with Gasteiger partial charge in [-0.15, -0.1) is 0 Å². The summed E-state index contributed by atoms with van der Waals surface area (Å²) in [5, 5.41) is 17.2. The fraction of sp³-hybridized carbons (Fsp3) is 0.200. The summed E-state index contributed by atoms with van der Waals surface area (Å²) in [5.74, 6) is -1.23. The number of carbonyl (C=O) groups excluding carboxylic acids is 2. The highest BCUT2D eigenvalue weighted by atomic mass is 19.1. The molecule has 31 heavy (non-hydrogen) atoms. The summed E-state index contributed by atoms with van der Waals surface area (Å²) in [4.78, 5) is 38.4. The Kier molecular flexibility index (Phi) is 6.65. The van der Waals surface area contributed by atoms with E-state index in [-0.39, 0.29) is 41.7 Å². The van der Waals surface area contributed by atoms with Crippen molar-refractivity contribution in [2.75, 3.05) is 11.9 Å². The van der Waals surface area contributed by atoms with Crippen LogP contribution in [0, 0.1) is 22.9 Å². The van der Waals surface area contributed by atoms with Crippen LogP contribution in [0.2, 0.25) is 0 Å². The van der Waals surface area contributed by atoms with Gasteiger partial charge in [0.2, 0.25) is 11.7 Å². The number of carbonyl (C=O) groups is 2. The van der Waals surface area contributed by atoms with Crippen LogP contribution < -0.4 is 5.32 Å². The third-order valence-corrected chi connectivity index (χ3v) is 4.25. The van der Waals surface area contributed by atoms with Gasteiger partial charge in [-0.1, -0.05) is 11.2 Å². The van der Waals surface area contributed by atoms with E-state index in [1.165, 1.54) is 49.4 Å². The lowest BCUT2D eigenvalue weighted by molar-refractivity contribution is -0.385. The van der Waals surface area contributed by atoms with Crippen LogP contribution in [0.15, 0.2) is 47.0 Å². The number of rotatable bonds is 8. The molecule has 2 aromatic carbocycles. The van der Waals surface area contributed by atoms with Crippen molar-refractivity contribution in [3.63, 3.8) is 0 Å². The number of hydrogen-bond donors (Lipinski definition) is 1. The predicted octanol–water partition coefficient (Wildman–Crippen LogP) is 3.21. The van der Waals surface area contributed by atoms with Crippen molar-refractivity contribution in [1.82, 2.24) is 10.1 Å². The Morgan fingerprint density at radius 2 is 1.97 bits per heavy atom. The minimum absolute atomic E-state index is 0.0959. The van der Waals surface area contributed by atoms with Crippen molar-refractivity contribution in [3.05, 3.63) is 69.9 Å². The molecule has 1 heterocycles. The number of anilines is 1. The first kappa shape index (κ1) is 21.6. The van der Waals surface area contributed by atoms with E-state index in [1.807, 2.05) is 0 Å². The van der Waals surface area contributed by atoms with Crippen molar-refractivity contribution in [2.45, 2.75) is 19.8 Å². The summed E-state index contributed by atoms with van der Waals surface area (Å²) in [6, 6.07) is 9.81. The van der Waals surface area contributed by atoms with Gasteiger partial charge in [-0.2, -0.15) is 4.98 Å². The minimum atomic E-state index is -0.660. The molecule has 0 aliphatic rings. The molecule has 0 radical (unpaired) electrons. The van der Waals surface area contributed by atoms with Crippen LogP contribution in [0.25, 0.3) is 11.4 Å². The normalized spacial score (nSPS) is 10.5. The van der Waals surface area contributed by atoms with Crippen molar-refractivity contribution in [3.8, 4) is 11.4 Å². The molecule has 0 aliphatic carbocycles. The van der Waals surface area contributed by atoms with E-state index < -0.39 is 23.4 Å². The smallest absolute Gasteiger partial charge is 0.306 e. The molecule has 3 aromatic rings. The summed E-state index contributed by atoms with van der Waals surface area (Å²) in [6.07, 6.45) is -0.00714. The second-order valence-electron chi connectivity index (χ2n) is 6.43. The van der Waals surface area contributed by atoms with Crippen LogP contribution in [0.4, 0.5) is 15.8 Å². The number of aryl methyl sites for hydroxylation is 1. The number of halogens is 1. The quantitative estimate of drug-likeness (QED) is 0.328. The molecule has 10 nitrogen and oxygen atoms in total. The maximum Gasteiger partial charge on any atom is 0.306 e. The van der Waals surface area contributed by atoms with Gasteiger partial charge in [-0.3, -0.25) is 19.7 Å². The molecule has 1 N–H and O–H groups in total. The number of aromatic nitrogens is 2. The standard InChI is InChI=1S/C20H17FN4O6/c1-12-15(3-2-4-16(12)25(28)29)22-17(26)11-30-19(27)10-9-18-23-20(24-31-18)13-5-7-14(21)8-6-13/h2-8H,9-11H2,1H3,(H,22,26). The lowest BCUT2D eigenvalue weighted by Crippen LogP contribution is -2.21. The van der Waals surface area contributed by atoms with E-state index in [0.29, 0.717) is 11.1 Å². The molecule has 0 spiro atoms. The molecule has 0 unspecified atom stereocenters. The summed E-state index contributed by atoms with van der Waals surface area (Å²) in [5.41, 5.74) is 0.983. The highest BCUT2D eigenvalue weighted by Crippen LogP contribution is 2.25. The van der Waals surface area contributed by atoms with E-state index >= 15 is 0 Å². The van der Waals surface area contributed by atoms with Crippen LogP contribution >= 0.6 is 0 Å². The molecular weight excluding hydrogens is 411 g/mol. The Hall–Kier alpha value is -4.15. The number of nitro groups is 1. The van der Waals surface area contributed by atoms with Crippen molar-refractivity contribution in [1.29, 1.82) is 0 Å². The van der Waals surface area contributed by atoms with Crippen LogP contribution in [0.1, 0.15) is 17.9 Å². The van der Waals surface area contributed by atoms with Gasteiger partial charge in [0, 0.05) is 18.1 Å². The Morgan fingerprint density at radius 3 is 2.68 bits per heavy atom. The van der Waals surface area contributed by atoms with Gasteiger partial charge in [0.15, 0.2) is 6.61 Å². The zero-order chi connectivity index (χ0) is 22.4. The number of nitro benzene ring substituents is 1. The third kappa shape index (κ3) is 5.69. The van der Waals surface area contributed by atoms with Gasteiger partial charge in [-0.25, -0.2) is 4.39 Å². The van der Waals surface area contributed by atoms with Crippen LogP contribution in [0.5, 0.6) is 0 Å².